The SMILES string of the molecule is CC(=O)C1CC2(CC(CC(=O)c3cc(Cl)cc4cnn(Cc5ccc(-c6ccccc6)c(F)c5)c34)C2)C1. The van der Waals surface area contributed by atoms with Gasteiger partial charge in [0.25, 0.3) is 0 Å². The number of carbonyl (C=O) groups excluding carboxylic acids is 2. The first-order chi connectivity index (χ1) is 17.8. The van der Waals surface area contributed by atoms with E-state index < -0.39 is 0 Å². The molecule has 0 radical (unpaired) electrons. The van der Waals surface area contributed by atoms with Crippen LogP contribution in [0, 0.1) is 23.1 Å². The van der Waals surface area contributed by atoms with E-state index in [2.05, 4.69) is 5.10 Å². The van der Waals surface area contributed by atoms with Crippen molar-refractivity contribution < 1.29 is 14.0 Å². The number of halogens is 2. The Morgan fingerprint density at radius 1 is 1.05 bits per heavy atom. The van der Waals surface area contributed by atoms with Gasteiger partial charge in [-0.2, -0.15) is 5.10 Å². The van der Waals surface area contributed by atoms with E-state index in [1.807, 2.05) is 42.5 Å². The number of ketones is 2. The molecule has 0 unspecified atom stereocenters. The predicted molar refractivity (Wildman–Crippen MR) is 143 cm³/mol. The zero-order chi connectivity index (χ0) is 25.7. The molecule has 0 saturated heterocycles. The highest BCUT2D eigenvalue weighted by Gasteiger charge is 2.53. The van der Waals surface area contributed by atoms with Crippen molar-refractivity contribution in [1.29, 1.82) is 0 Å². The zero-order valence-corrected chi connectivity index (χ0v) is 21.5. The third kappa shape index (κ3) is 4.50. The molecule has 2 saturated carbocycles. The molecular weight excluding hydrogens is 487 g/mol. The Labute approximate surface area is 220 Å². The highest BCUT2D eigenvalue weighted by Crippen LogP contribution is 2.62. The van der Waals surface area contributed by atoms with Crippen molar-refractivity contribution in [1.82, 2.24) is 9.78 Å². The molecular formula is C31H28ClFN2O2. The number of benzene rings is 3. The van der Waals surface area contributed by atoms with Crippen LogP contribution in [0.4, 0.5) is 4.39 Å². The summed E-state index contributed by atoms with van der Waals surface area (Å²) in [5.41, 5.74) is 3.73. The van der Waals surface area contributed by atoms with Gasteiger partial charge in [0.1, 0.15) is 11.6 Å². The number of fused-ring (bicyclic) bond motifs is 1. The molecule has 2 aliphatic carbocycles. The molecule has 0 bridgehead atoms. The molecule has 6 rings (SSSR count). The Morgan fingerprint density at radius 3 is 2.51 bits per heavy atom. The van der Waals surface area contributed by atoms with Crippen LogP contribution in [0.5, 0.6) is 0 Å². The average molecular weight is 515 g/mol. The number of aromatic nitrogens is 2. The highest BCUT2D eigenvalue weighted by molar-refractivity contribution is 6.32. The van der Waals surface area contributed by atoms with Crippen molar-refractivity contribution in [3.63, 3.8) is 0 Å². The molecule has 1 spiro atoms. The quantitative estimate of drug-likeness (QED) is 0.240. The number of nitrogens with zero attached hydrogens (tertiary/aromatic N) is 2. The minimum Gasteiger partial charge on any atom is -0.300 e. The molecule has 188 valence electrons. The summed E-state index contributed by atoms with van der Waals surface area (Å²) in [6.07, 6.45) is 6.15. The first kappa shape index (κ1) is 24.1. The zero-order valence-electron chi connectivity index (χ0n) is 20.7. The highest BCUT2D eigenvalue weighted by atomic mass is 35.5. The van der Waals surface area contributed by atoms with Crippen molar-refractivity contribution in [2.24, 2.45) is 17.3 Å². The molecule has 6 heteroatoms. The van der Waals surface area contributed by atoms with Crippen molar-refractivity contribution in [3.05, 3.63) is 88.8 Å². The minimum atomic E-state index is -0.290. The van der Waals surface area contributed by atoms with Crippen LogP contribution >= 0.6 is 11.6 Å². The minimum absolute atomic E-state index is 0.0575. The van der Waals surface area contributed by atoms with Crippen LogP contribution in [0.3, 0.4) is 0 Å². The van der Waals surface area contributed by atoms with E-state index in [1.165, 1.54) is 6.07 Å². The van der Waals surface area contributed by atoms with E-state index in [4.69, 9.17) is 11.6 Å². The summed E-state index contributed by atoms with van der Waals surface area (Å²) in [5, 5.41) is 5.82. The van der Waals surface area contributed by atoms with E-state index in [9.17, 15) is 14.0 Å². The lowest BCUT2D eigenvalue weighted by Crippen LogP contribution is -2.49. The summed E-state index contributed by atoms with van der Waals surface area (Å²) in [7, 11) is 0. The maximum absolute atomic E-state index is 15.0. The van der Waals surface area contributed by atoms with E-state index in [0.29, 0.717) is 35.0 Å². The molecule has 1 aromatic heterocycles. The first-order valence-corrected chi connectivity index (χ1v) is 13.2. The maximum Gasteiger partial charge on any atom is 0.165 e. The lowest BCUT2D eigenvalue weighted by Gasteiger charge is -2.57. The standard InChI is InChI=1S/C31H28ClFN2O2/c1-19(36)24-15-31(16-24)13-21(14-31)10-29(37)27-12-25(32)11-23-17-34-35(30(23)27)18-20-7-8-26(28(33)9-20)22-5-3-2-4-6-22/h2-9,11-12,17,21,24H,10,13-16,18H2,1H3. The van der Waals surface area contributed by atoms with Crippen LogP contribution in [-0.2, 0) is 11.3 Å². The van der Waals surface area contributed by atoms with Gasteiger partial charge in [0.2, 0.25) is 0 Å². The second kappa shape index (κ2) is 9.21. The van der Waals surface area contributed by atoms with Crippen LogP contribution in [-0.4, -0.2) is 21.3 Å². The third-order valence-electron chi connectivity index (χ3n) is 8.30. The van der Waals surface area contributed by atoms with Crippen LogP contribution in [0.15, 0.2) is 66.9 Å². The lowest BCUT2D eigenvalue weighted by atomic mass is 9.47. The van der Waals surface area contributed by atoms with Crippen LogP contribution in [0.25, 0.3) is 22.0 Å². The number of rotatable bonds is 7. The lowest BCUT2D eigenvalue weighted by molar-refractivity contribution is -0.136. The summed E-state index contributed by atoms with van der Waals surface area (Å²) < 4.78 is 16.7. The van der Waals surface area contributed by atoms with Gasteiger partial charge >= 0.3 is 0 Å². The van der Waals surface area contributed by atoms with Gasteiger partial charge in [-0.3, -0.25) is 14.3 Å². The molecule has 37 heavy (non-hydrogen) atoms. The molecule has 0 aliphatic heterocycles. The summed E-state index contributed by atoms with van der Waals surface area (Å²) >= 11 is 6.37. The summed E-state index contributed by atoms with van der Waals surface area (Å²) in [6.45, 7) is 2.02. The molecule has 1 heterocycles. The van der Waals surface area contributed by atoms with Gasteiger partial charge in [0.05, 0.1) is 18.3 Å². The van der Waals surface area contributed by atoms with E-state index >= 15 is 0 Å². The van der Waals surface area contributed by atoms with Crippen molar-refractivity contribution in [3.8, 4) is 11.1 Å². The van der Waals surface area contributed by atoms with E-state index in [-0.39, 0.29) is 28.7 Å². The van der Waals surface area contributed by atoms with Gasteiger partial charge in [-0.1, -0.05) is 54.1 Å². The first-order valence-electron chi connectivity index (χ1n) is 12.8. The van der Waals surface area contributed by atoms with E-state index in [0.717, 1.165) is 47.7 Å². The normalized spacial score (nSPS) is 22.6. The Morgan fingerprint density at radius 2 is 1.81 bits per heavy atom. The Bertz CT molecular complexity index is 1510. The second-order valence-electron chi connectivity index (χ2n) is 11.0. The Kier molecular flexibility index (Phi) is 5.99. The molecule has 2 aliphatic rings. The molecule has 0 amide bonds. The van der Waals surface area contributed by atoms with Crippen molar-refractivity contribution >= 4 is 34.1 Å². The van der Waals surface area contributed by atoms with Gasteiger partial charge in [-0.25, -0.2) is 4.39 Å². The summed E-state index contributed by atoms with van der Waals surface area (Å²) in [5.74, 6) is 0.605. The van der Waals surface area contributed by atoms with Gasteiger partial charge in [0, 0.05) is 33.9 Å². The van der Waals surface area contributed by atoms with Crippen molar-refractivity contribution in [2.75, 3.05) is 0 Å². The molecule has 0 atom stereocenters. The smallest absolute Gasteiger partial charge is 0.165 e. The van der Waals surface area contributed by atoms with Gasteiger partial charge in [-0.05, 0) is 73.3 Å². The van der Waals surface area contributed by atoms with Crippen molar-refractivity contribution in [2.45, 2.75) is 45.6 Å². The number of hydrogen-bond acceptors (Lipinski definition) is 3. The van der Waals surface area contributed by atoms with Crippen LogP contribution in [0.2, 0.25) is 5.02 Å². The molecule has 2 fully saturated rings. The summed E-state index contributed by atoms with van der Waals surface area (Å²) in [6, 6.07) is 18.2. The fraction of sp³-hybridized carbons (Fsp3) is 0.323. The molecule has 4 aromatic rings. The van der Waals surface area contributed by atoms with Gasteiger partial charge < -0.3 is 0 Å². The Balaban J connectivity index is 1.21. The monoisotopic (exact) mass is 514 g/mol. The van der Waals surface area contributed by atoms with Gasteiger partial charge in [0.15, 0.2) is 5.78 Å². The second-order valence-corrected chi connectivity index (χ2v) is 11.4. The van der Waals surface area contributed by atoms with E-state index in [1.54, 1.807) is 29.9 Å². The Hall–Kier alpha value is -3.31. The molecule has 3 aromatic carbocycles. The topological polar surface area (TPSA) is 52.0 Å². The fourth-order valence-corrected chi connectivity index (χ4v) is 6.73. The van der Waals surface area contributed by atoms with Crippen LogP contribution < -0.4 is 0 Å². The number of carbonyl (C=O) groups is 2. The molecule has 4 nitrogen and oxygen atoms in total. The number of Topliss-reactive ketones (excluding diaryl/α,β-unsaturated/α-hetero) is 2. The van der Waals surface area contributed by atoms with Gasteiger partial charge in [-0.15, -0.1) is 0 Å². The predicted octanol–water partition coefficient (Wildman–Crippen LogP) is 7.51. The maximum atomic E-state index is 15.0. The fourth-order valence-electron chi connectivity index (χ4n) is 6.50. The summed E-state index contributed by atoms with van der Waals surface area (Å²) in [4.78, 5) is 25.0. The third-order valence-corrected chi connectivity index (χ3v) is 8.52. The largest absolute Gasteiger partial charge is 0.300 e. The van der Waals surface area contributed by atoms with Crippen LogP contribution in [0.1, 0.15) is 54.9 Å². The molecule has 0 N–H and O–H groups in total. The average Bonchev–Trinajstić information content (AvgIpc) is 3.21. The number of hydrogen-bond donors (Lipinski definition) is 0.